The summed E-state index contributed by atoms with van der Waals surface area (Å²) < 4.78 is 12.5. The summed E-state index contributed by atoms with van der Waals surface area (Å²) in [6.07, 6.45) is 1.66. The molecule has 3 aromatic carbocycles. The number of carboxylic acids is 1. The van der Waals surface area contributed by atoms with E-state index in [9.17, 15) is 14.7 Å². The second kappa shape index (κ2) is 9.72. The summed E-state index contributed by atoms with van der Waals surface area (Å²) in [7, 11) is 1.54. The van der Waals surface area contributed by atoms with Crippen LogP contribution in [0.15, 0.2) is 71.5 Å². The first kappa shape index (κ1) is 22.9. The van der Waals surface area contributed by atoms with E-state index >= 15 is 0 Å². The fourth-order valence-electron chi connectivity index (χ4n) is 3.43. The van der Waals surface area contributed by atoms with E-state index in [0.717, 1.165) is 5.56 Å². The molecular formula is C26H20ClN2O5-. The van der Waals surface area contributed by atoms with Crippen molar-refractivity contribution in [2.75, 3.05) is 7.11 Å². The van der Waals surface area contributed by atoms with Gasteiger partial charge in [-0.1, -0.05) is 54.6 Å². The number of halogens is 1. The van der Waals surface area contributed by atoms with Crippen molar-refractivity contribution in [1.29, 1.82) is 0 Å². The smallest absolute Gasteiger partial charge is 0.279 e. The Hall–Kier alpha value is -4.23. The van der Waals surface area contributed by atoms with Gasteiger partial charge in [0.05, 0.1) is 29.3 Å². The molecule has 0 aliphatic carbocycles. The number of hydrogen-bond acceptors (Lipinski definition) is 5. The molecule has 1 heterocycles. The normalized spacial score (nSPS) is 11.4. The minimum Gasteiger partial charge on any atom is -0.545 e. The van der Waals surface area contributed by atoms with Crippen LogP contribution < -0.4 is 30.7 Å². The predicted octanol–water partition coefficient (Wildman–Crippen LogP) is 2.01. The topological polar surface area (TPSA) is 96.4 Å². The van der Waals surface area contributed by atoms with E-state index in [1.54, 1.807) is 31.4 Å². The van der Waals surface area contributed by atoms with Crippen LogP contribution in [0.1, 0.15) is 21.5 Å². The Morgan fingerprint density at radius 2 is 1.88 bits per heavy atom. The van der Waals surface area contributed by atoms with E-state index in [1.165, 1.54) is 22.9 Å². The Morgan fingerprint density at radius 1 is 1.12 bits per heavy atom. The van der Waals surface area contributed by atoms with E-state index in [2.05, 4.69) is 11.7 Å². The number of carbonyl (C=O) groups excluding carboxylic acids is 1. The lowest BCUT2D eigenvalue weighted by Gasteiger charge is -2.11. The van der Waals surface area contributed by atoms with Crippen LogP contribution in [0.2, 0.25) is 5.02 Å². The lowest BCUT2D eigenvalue weighted by atomic mass is 10.1. The molecule has 0 aliphatic heterocycles. The fourth-order valence-corrected chi connectivity index (χ4v) is 3.62. The SMILES string of the molecule is C=c1[nH]n(-c2ccc(Cl)c(C(=O)[O-])c2)c(=O)c1=Cc1ccc(OCc2ccccc2)c(OC)c1. The quantitative estimate of drug-likeness (QED) is 0.441. The molecule has 0 spiro atoms. The number of H-pyrrole nitrogens is 1. The number of aromatic nitrogens is 2. The number of hydrogen-bond donors (Lipinski definition) is 1. The third kappa shape index (κ3) is 4.74. The number of carboxylic acid groups (broad SMARTS) is 1. The van der Waals surface area contributed by atoms with Crippen molar-refractivity contribution in [2.45, 2.75) is 6.61 Å². The number of methoxy groups -OCH3 is 1. The van der Waals surface area contributed by atoms with Crippen LogP contribution in [-0.2, 0) is 6.61 Å². The number of nitrogens with zero attached hydrogens (tertiary/aromatic N) is 1. The molecule has 4 aromatic rings. The first-order valence-electron chi connectivity index (χ1n) is 10.2. The van der Waals surface area contributed by atoms with E-state index in [0.29, 0.717) is 39.9 Å². The van der Waals surface area contributed by atoms with Crippen molar-refractivity contribution in [2.24, 2.45) is 0 Å². The number of rotatable bonds is 7. The number of ether oxygens (including phenoxy) is 2. The minimum atomic E-state index is -1.44. The molecule has 0 amide bonds. The molecule has 0 unspecified atom stereocenters. The molecule has 1 aromatic heterocycles. The van der Waals surface area contributed by atoms with E-state index in [1.807, 2.05) is 30.3 Å². The fraction of sp³-hybridized carbons (Fsp3) is 0.0769. The van der Waals surface area contributed by atoms with Gasteiger partial charge in [0.15, 0.2) is 11.5 Å². The molecule has 0 saturated carbocycles. The summed E-state index contributed by atoms with van der Waals surface area (Å²) >= 11 is 5.90. The summed E-state index contributed by atoms with van der Waals surface area (Å²) in [5.74, 6) is -0.349. The maximum atomic E-state index is 13.0. The van der Waals surface area contributed by atoms with Gasteiger partial charge in [0.2, 0.25) is 0 Å². The van der Waals surface area contributed by atoms with Crippen LogP contribution in [0.3, 0.4) is 0 Å². The highest BCUT2D eigenvalue weighted by molar-refractivity contribution is 6.33. The second-order valence-electron chi connectivity index (χ2n) is 7.43. The molecule has 0 aliphatic rings. The van der Waals surface area contributed by atoms with Gasteiger partial charge in [0, 0.05) is 10.6 Å². The number of aromatic carboxylic acids is 1. The van der Waals surface area contributed by atoms with Gasteiger partial charge >= 0.3 is 0 Å². The van der Waals surface area contributed by atoms with Gasteiger partial charge in [-0.15, -0.1) is 0 Å². The van der Waals surface area contributed by atoms with Gasteiger partial charge in [0.1, 0.15) is 6.61 Å². The Kier molecular flexibility index (Phi) is 6.56. The monoisotopic (exact) mass is 475 g/mol. The maximum absolute atomic E-state index is 13.0. The van der Waals surface area contributed by atoms with Crippen LogP contribution in [0.25, 0.3) is 18.3 Å². The Labute approximate surface area is 199 Å². The third-order valence-electron chi connectivity index (χ3n) is 5.17. The zero-order chi connectivity index (χ0) is 24.2. The standard InChI is InChI=1S/C26H21ClN2O5/c1-16-20(25(30)29(28-16)19-9-10-22(27)21(14-19)26(31)32)12-18-8-11-23(24(13-18)33-2)34-15-17-6-4-3-5-7-17/h3-14,28H,1,15H2,2H3,(H,31,32)/p-1. The van der Waals surface area contributed by atoms with Crippen LogP contribution in [-0.4, -0.2) is 22.9 Å². The summed E-state index contributed by atoms with van der Waals surface area (Å²) in [4.78, 5) is 24.3. The zero-order valence-electron chi connectivity index (χ0n) is 18.2. The largest absolute Gasteiger partial charge is 0.545 e. The average molecular weight is 476 g/mol. The first-order chi connectivity index (χ1) is 16.4. The van der Waals surface area contributed by atoms with E-state index < -0.39 is 11.5 Å². The average Bonchev–Trinajstić information content (AvgIpc) is 3.12. The van der Waals surface area contributed by atoms with Crippen LogP contribution in [0.4, 0.5) is 0 Å². The Bertz CT molecular complexity index is 1520. The van der Waals surface area contributed by atoms with Gasteiger partial charge in [-0.05, 0) is 47.5 Å². The highest BCUT2D eigenvalue weighted by atomic mass is 35.5. The van der Waals surface area contributed by atoms with Crippen molar-refractivity contribution in [3.63, 3.8) is 0 Å². The van der Waals surface area contributed by atoms with Crippen molar-refractivity contribution >= 4 is 30.2 Å². The van der Waals surface area contributed by atoms with Gasteiger partial charge in [-0.25, -0.2) is 4.68 Å². The lowest BCUT2D eigenvalue weighted by molar-refractivity contribution is -0.255. The Morgan fingerprint density at radius 3 is 2.59 bits per heavy atom. The van der Waals surface area contributed by atoms with Crippen LogP contribution in [0.5, 0.6) is 11.5 Å². The zero-order valence-corrected chi connectivity index (χ0v) is 19.0. The summed E-state index contributed by atoms with van der Waals surface area (Å²) in [5, 5.41) is 14.8. The van der Waals surface area contributed by atoms with E-state index in [-0.39, 0.29) is 10.6 Å². The molecule has 0 bridgehead atoms. The summed E-state index contributed by atoms with van der Waals surface area (Å²) in [5.41, 5.74) is 1.40. The number of benzene rings is 3. The predicted molar refractivity (Wildman–Crippen MR) is 128 cm³/mol. The summed E-state index contributed by atoms with van der Waals surface area (Å²) in [6, 6.07) is 19.3. The van der Waals surface area contributed by atoms with Crippen LogP contribution in [0, 0.1) is 0 Å². The minimum absolute atomic E-state index is 0.0201. The molecule has 0 saturated heterocycles. The number of nitrogens with one attached hydrogen (secondary N) is 1. The molecule has 0 atom stereocenters. The Balaban J connectivity index is 1.68. The van der Waals surface area contributed by atoms with Crippen LogP contribution >= 0.6 is 11.6 Å². The van der Waals surface area contributed by atoms with Crippen molar-refractivity contribution < 1.29 is 19.4 Å². The molecular weight excluding hydrogens is 456 g/mol. The molecule has 0 fully saturated rings. The van der Waals surface area contributed by atoms with E-state index in [4.69, 9.17) is 21.1 Å². The highest BCUT2D eigenvalue weighted by Gasteiger charge is 2.10. The van der Waals surface area contributed by atoms with Gasteiger partial charge in [-0.3, -0.25) is 9.89 Å². The molecule has 0 radical (unpaired) electrons. The number of carbonyl (C=O) groups is 1. The third-order valence-corrected chi connectivity index (χ3v) is 5.50. The molecule has 4 rings (SSSR count). The lowest BCUT2D eigenvalue weighted by Crippen LogP contribution is -2.34. The highest BCUT2D eigenvalue weighted by Crippen LogP contribution is 2.29. The molecule has 34 heavy (non-hydrogen) atoms. The first-order valence-corrected chi connectivity index (χ1v) is 10.6. The van der Waals surface area contributed by atoms with Crippen molar-refractivity contribution in [3.05, 3.63) is 109 Å². The molecule has 8 heteroatoms. The van der Waals surface area contributed by atoms with Gasteiger partial charge in [0.25, 0.3) is 5.56 Å². The second-order valence-corrected chi connectivity index (χ2v) is 7.83. The number of aromatic amines is 1. The van der Waals surface area contributed by atoms with Crippen molar-refractivity contribution in [3.8, 4) is 17.2 Å². The maximum Gasteiger partial charge on any atom is 0.279 e. The molecule has 172 valence electrons. The van der Waals surface area contributed by atoms with Gasteiger partial charge in [-0.2, -0.15) is 0 Å². The molecule has 1 N–H and O–H groups in total. The molecule has 7 nitrogen and oxygen atoms in total. The van der Waals surface area contributed by atoms with Crippen molar-refractivity contribution in [1.82, 2.24) is 9.78 Å². The summed E-state index contributed by atoms with van der Waals surface area (Å²) in [6.45, 7) is 4.29. The van der Waals surface area contributed by atoms with Gasteiger partial charge < -0.3 is 19.4 Å².